The quantitative estimate of drug-likeness (QED) is 0.0341. The first-order valence-corrected chi connectivity index (χ1v) is 29.0. The van der Waals surface area contributed by atoms with Crippen molar-refractivity contribution in [1.82, 2.24) is 4.90 Å². The Labute approximate surface area is 405 Å². The predicted molar refractivity (Wildman–Crippen MR) is 279 cm³/mol. The highest BCUT2D eigenvalue weighted by Crippen LogP contribution is 2.23. The predicted octanol–water partition coefficient (Wildman–Crippen LogP) is 17.6. The fraction of sp³-hybridized carbons (Fsp3) is 0.948. The first-order valence-electron chi connectivity index (χ1n) is 29.0. The third-order valence-corrected chi connectivity index (χ3v) is 13.7. The van der Waals surface area contributed by atoms with Crippen LogP contribution in [-0.2, 0) is 28.6 Å². The van der Waals surface area contributed by atoms with Crippen LogP contribution in [0.4, 0.5) is 0 Å². The maximum atomic E-state index is 13.0. The van der Waals surface area contributed by atoms with Crippen molar-refractivity contribution in [3.8, 4) is 0 Å². The zero-order valence-corrected chi connectivity index (χ0v) is 44.7. The van der Waals surface area contributed by atoms with Crippen LogP contribution >= 0.6 is 0 Å². The van der Waals surface area contributed by atoms with Gasteiger partial charge in [-0.25, -0.2) is 0 Å². The highest BCUT2D eigenvalue weighted by atomic mass is 16.5. The van der Waals surface area contributed by atoms with Gasteiger partial charge in [0.25, 0.3) is 0 Å². The highest BCUT2D eigenvalue weighted by Gasteiger charge is 2.21. The van der Waals surface area contributed by atoms with Crippen LogP contribution in [0, 0.1) is 11.8 Å². The SMILES string of the molecule is CCCCCCCCC(CCCCCC)C(=O)OCCCCCCCCCCC(CCCCCCCCCOC(=O)C(CCCCCC)CCCCCCCC)OC(=O)CCCN(C)C. The second-order valence-electron chi connectivity index (χ2n) is 20.4. The minimum absolute atomic E-state index is 0.0336. The summed E-state index contributed by atoms with van der Waals surface area (Å²) in [5, 5.41) is 0. The smallest absolute Gasteiger partial charge is 0.308 e. The molecule has 0 amide bonds. The minimum Gasteiger partial charge on any atom is -0.465 e. The van der Waals surface area contributed by atoms with E-state index in [0.29, 0.717) is 19.6 Å². The van der Waals surface area contributed by atoms with Gasteiger partial charge in [-0.2, -0.15) is 0 Å². The van der Waals surface area contributed by atoms with Gasteiger partial charge in [0.2, 0.25) is 0 Å². The zero-order valence-electron chi connectivity index (χ0n) is 44.7. The molecule has 65 heavy (non-hydrogen) atoms. The van der Waals surface area contributed by atoms with Crippen molar-refractivity contribution in [3.05, 3.63) is 0 Å². The molecular formula is C58H113NO6. The van der Waals surface area contributed by atoms with E-state index in [4.69, 9.17) is 14.2 Å². The molecule has 386 valence electrons. The van der Waals surface area contributed by atoms with Gasteiger partial charge in [-0.05, 0) is 91.3 Å². The Morgan fingerprint density at radius 1 is 0.354 bits per heavy atom. The third kappa shape index (κ3) is 44.6. The molecule has 0 saturated carbocycles. The van der Waals surface area contributed by atoms with Crippen LogP contribution in [-0.4, -0.2) is 62.8 Å². The van der Waals surface area contributed by atoms with E-state index < -0.39 is 0 Å². The van der Waals surface area contributed by atoms with Gasteiger partial charge in [0.05, 0.1) is 25.0 Å². The summed E-state index contributed by atoms with van der Waals surface area (Å²) in [6, 6.07) is 0. The summed E-state index contributed by atoms with van der Waals surface area (Å²) in [4.78, 5) is 40.8. The molecule has 0 fully saturated rings. The van der Waals surface area contributed by atoms with E-state index in [0.717, 1.165) is 116 Å². The molecule has 3 atom stereocenters. The summed E-state index contributed by atoms with van der Waals surface area (Å²) in [6.07, 6.45) is 49.6. The molecule has 0 heterocycles. The van der Waals surface area contributed by atoms with Gasteiger partial charge in [-0.15, -0.1) is 0 Å². The number of rotatable bonds is 52. The van der Waals surface area contributed by atoms with Crippen LogP contribution in [0.2, 0.25) is 0 Å². The van der Waals surface area contributed by atoms with E-state index in [1.807, 2.05) is 14.1 Å². The standard InChI is InChI=1S/C58H113NO6/c1-7-11-15-19-28-36-45-53(43-34-17-13-9-3)57(61)63-51-40-32-26-22-21-24-30-38-47-55(65-56(60)49-42-50-59(5)6)48-39-31-25-23-27-33-41-52-64-58(62)54(44-35-18-14-10-4)46-37-29-20-16-12-8-2/h53-55H,7-52H2,1-6H3. The Bertz CT molecular complexity index is 1020. The number of nitrogens with zero attached hydrogens (tertiary/aromatic N) is 1. The fourth-order valence-corrected chi connectivity index (χ4v) is 9.26. The van der Waals surface area contributed by atoms with Crippen molar-refractivity contribution in [1.29, 1.82) is 0 Å². The number of carbonyl (C=O) groups excluding carboxylic acids is 3. The van der Waals surface area contributed by atoms with E-state index in [9.17, 15) is 14.4 Å². The maximum Gasteiger partial charge on any atom is 0.308 e. The number of hydrogen-bond acceptors (Lipinski definition) is 7. The molecule has 0 aliphatic carbocycles. The molecule has 0 aromatic carbocycles. The molecule has 0 aromatic heterocycles. The Hall–Kier alpha value is -1.63. The van der Waals surface area contributed by atoms with Crippen LogP contribution in [0.3, 0.4) is 0 Å². The first kappa shape index (κ1) is 63.4. The van der Waals surface area contributed by atoms with Gasteiger partial charge in [-0.3, -0.25) is 14.4 Å². The van der Waals surface area contributed by atoms with Crippen molar-refractivity contribution in [3.63, 3.8) is 0 Å². The average Bonchev–Trinajstić information content (AvgIpc) is 3.29. The molecule has 0 saturated heterocycles. The topological polar surface area (TPSA) is 82.1 Å². The van der Waals surface area contributed by atoms with Gasteiger partial charge >= 0.3 is 17.9 Å². The van der Waals surface area contributed by atoms with Crippen molar-refractivity contribution in [2.24, 2.45) is 11.8 Å². The normalized spacial score (nSPS) is 13.0. The summed E-state index contributed by atoms with van der Waals surface area (Å²) in [6.45, 7) is 11.1. The molecule has 0 bridgehead atoms. The average molecular weight is 921 g/mol. The largest absolute Gasteiger partial charge is 0.465 e. The van der Waals surface area contributed by atoms with E-state index in [1.165, 1.54) is 161 Å². The van der Waals surface area contributed by atoms with Crippen LogP contribution < -0.4 is 0 Å². The number of carbonyl (C=O) groups is 3. The number of unbranched alkanes of at least 4 members (excludes halogenated alkanes) is 29. The maximum absolute atomic E-state index is 13.0. The molecule has 3 unspecified atom stereocenters. The van der Waals surface area contributed by atoms with Gasteiger partial charge in [0, 0.05) is 6.42 Å². The first-order chi connectivity index (χ1) is 31.8. The molecule has 0 aliphatic heterocycles. The number of ether oxygens (including phenoxy) is 3. The van der Waals surface area contributed by atoms with Crippen LogP contribution in [0.1, 0.15) is 304 Å². The molecule has 0 spiro atoms. The van der Waals surface area contributed by atoms with E-state index in [1.54, 1.807) is 0 Å². The lowest BCUT2D eigenvalue weighted by atomic mass is 9.94. The summed E-state index contributed by atoms with van der Waals surface area (Å²) in [5.41, 5.74) is 0. The van der Waals surface area contributed by atoms with Crippen LogP contribution in [0.15, 0.2) is 0 Å². The summed E-state index contributed by atoms with van der Waals surface area (Å²) in [5.74, 6) is 0.270. The molecule has 0 rings (SSSR count). The van der Waals surface area contributed by atoms with E-state index >= 15 is 0 Å². The number of hydrogen-bond donors (Lipinski definition) is 0. The Morgan fingerprint density at radius 3 is 0.954 bits per heavy atom. The zero-order chi connectivity index (χ0) is 47.7. The van der Waals surface area contributed by atoms with Crippen molar-refractivity contribution < 1.29 is 28.6 Å². The summed E-state index contributed by atoms with van der Waals surface area (Å²) in [7, 11) is 4.10. The second kappa shape index (κ2) is 50.3. The Kier molecular flexibility index (Phi) is 49.0. The lowest BCUT2D eigenvalue weighted by Crippen LogP contribution is -2.20. The van der Waals surface area contributed by atoms with Crippen LogP contribution in [0.5, 0.6) is 0 Å². The van der Waals surface area contributed by atoms with Crippen molar-refractivity contribution in [2.75, 3.05) is 33.9 Å². The fourth-order valence-electron chi connectivity index (χ4n) is 9.26. The van der Waals surface area contributed by atoms with Gasteiger partial charge < -0.3 is 19.1 Å². The van der Waals surface area contributed by atoms with Gasteiger partial charge in [-0.1, -0.05) is 227 Å². The Balaban J connectivity index is 4.37. The molecule has 0 aliphatic rings. The summed E-state index contributed by atoms with van der Waals surface area (Å²) < 4.78 is 17.7. The second-order valence-corrected chi connectivity index (χ2v) is 20.4. The van der Waals surface area contributed by atoms with E-state index in [-0.39, 0.29) is 35.8 Å². The number of esters is 3. The van der Waals surface area contributed by atoms with Crippen molar-refractivity contribution >= 4 is 17.9 Å². The lowest BCUT2D eigenvalue weighted by molar-refractivity contribution is -0.150. The molecule has 0 aromatic rings. The van der Waals surface area contributed by atoms with Crippen LogP contribution in [0.25, 0.3) is 0 Å². The third-order valence-electron chi connectivity index (χ3n) is 13.7. The van der Waals surface area contributed by atoms with Gasteiger partial charge in [0.1, 0.15) is 6.10 Å². The van der Waals surface area contributed by atoms with Gasteiger partial charge in [0.15, 0.2) is 0 Å². The molecule has 0 N–H and O–H groups in total. The molecule has 7 heteroatoms. The highest BCUT2D eigenvalue weighted by molar-refractivity contribution is 5.72. The molecular weight excluding hydrogens is 807 g/mol. The lowest BCUT2D eigenvalue weighted by Gasteiger charge is -2.18. The minimum atomic E-state index is -0.0336. The summed E-state index contributed by atoms with van der Waals surface area (Å²) >= 11 is 0. The Morgan fingerprint density at radius 2 is 0.631 bits per heavy atom. The van der Waals surface area contributed by atoms with E-state index in [2.05, 4.69) is 32.6 Å². The molecule has 0 radical (unpaired) electrons. The molecule has 7 nitrogen and oxygen atoms in total. The monoisotopic (exact) mass is 920 g/mol. The van der Waals surface area contributed by atoms with Crippen molar-refractivity contribution in [2.45, 2.75) is 310 Å².